The van der Waals surface area contributed by atoms with Crippen LogP contribution in [0.1, 0.15) is 37.8 Å². The first-order valence-corrected chi connectivity index (χ1v) is 6.64. The van der Waals surface area contributed by atoms with Crippen molar-refractivity contribution < 1.29 is 4.79 Å². The Morgan fingerprint density at radius 2 is 2.18 bits per heavy atom. The number of hydrogen-bond acceptors (Lipinski definition) is 2. The number of carbonyl (C=O) groups excluding carboxylic acids is 1. The highest BCUT2D eigenvalue weighted by Gasteiger charge is 2.26. The largest absolute Gasteiger partial charge is 0.353 e. The molecule has 0 aromatic carbocycles. The Balaban J connectivity index is 1.58. The summed E-state index contributed by atoms with van der Waals surface area (Å²) in [6, 6.07) is 2.36. The number of rotatable bonds is 2. The third-order valence-electron chi connectivity index (χ3n) is 4.02. The van der Waals surface area contributed by atoms with Crippen molar-refractivity contribution in [1.82, 2.24) is 15.1 Å². The summed E-state index contributed by atoms with van der Waals surface area (Å²) in [4.78, 5) is 12.0. The number of hydrogen-bond donors (Lipinski definition) is 1. The monoisotopic (exact) mass is 233 g/mol. The molecule has 0 saturated heterocycles. The van der Waals surface area contributed by atoms with Gasteiger partial charge in [-0.15, -0.1) is 0 Å². The maximum absolute atomic E-state index is 12.0. The van der Waals surface area contributed by atoms with E-state index in [0.717, 1.165) is 32.2 Å². The highest BCUT2D eigenvalue weighted by atomic mass is 16.1. The zero-order valence-electron chi connectivity index (χ0n) is 10.1. The number of carbonyl (C=O) groups is 1. The fraction of sp³-hybridized carbons (Fsp3) is 0.692. The number of amides is 1. The van der Waals surface area contributed by atoms with Crippen LogP contribution < -0.4 is 5.32 Å². The molecule has 4 nitrogen and oxygen atoms in total. The summed E-state index contributed by atoms with van der Waals surface area (Å²) in [6.07, 6.45) is 8.38. The second-order valence-electron chi connectivity index (χ2n) is 5.23. The lowest BCUT2D eigenvalue weighted by Gasteiger charge is -2.25. The fourth-order valence-corrected chi connectivity index (χ4v) is 3.00. The van der Waals surface area contributed by atoms with Crippen LogP contribution in [-0.4, -0.2) is 21.7 Å². The summed E-state index contributed by atoms with van der Waals surface area (Å²) in [5, 5.41) is 7.46. The van der Waals surface area contributed by atoms with Gasteiger partial charge in [-0.2, -0.15) is 5.10 Å². The van der Waals surface area contributed by atoms with Crippen LogP contribution in [-0.2, 0) is 17.8 Å². The molecule has 2 aliphatic rings. The van der Waals surface area contributed by atoms with E-state index in [1.165, 1.54) is 18.5 Å². The van der Waals surface area contributed by atoms with Gasteiger partial charge in [0.05, 0.1) is 0 Å². The highest BCUT2D eigenvalue weighted by Crippen LogP contribution is 2.25. The van der Waals surface area contributed by atoms with Gasteiger partial charge in [-0.1, -0.05) is 12.8 Å². The van der Waals surface area contributed by atoms with Gasteiger partial charge in [-0.3, -0.25) is 9.48 Å². The maximum Gasteiger partial charge on any atom is 0.223 e. The molecule has 2 heterocycles. The summed E-state index contributed by atoms with van der Waals surface area (Å²) in [5.74, 6) is 0.558. The average molecular weight is 233 g/mol. The average Bonchev–Trinajstić information content (AvgIpc) is 2.99. The van der Waals surface area contributed by atoms with Crippen molar-refractivity contribution >= 4 is 5.91 Å². The molecule has 92 valence electrons. The minimum Gasteiger partial charge on any atom is -0.353 e. The Morgan fingerprint density at radius 3 is 3.00 bits per heavy atom. The van der Waals surface area contributed by atoms with Crippen molar-refractivity contribution in [3.05, 3.63) is 18.0 Å². The molecular formula is C13H19N3O. The molecule has 0 spiro atoms. The first kappa shape index (κ1) is 10.8. The van der Waals surface area contributed by atoms with Gasteiger partial charge in [0.2, 0.25) is 5.91 Å². The van der Waals surface area contributed by atoms with Gasteiger partial charge in [-0.05, 0) is 25.3 Å². The lowest BCUT2D eigenvalue weighted by atomic mass is 10.0. The molecule has 1 saturated carbocycles. The van der Waals surface area contributed by atoms with Gasteiger partial charge < -0.3 is 5.32 Å². The molecular weight excluding hydrogens is 214 g/mol. The SMILES string of the molecule is O=C(N[C@H]1CCn2nccc2C1)C1CCCC1. The number of nitrogens with one attached hydrogen (secondary N) is 1. The molecule has 0 radical (unpaired) electrons. The van der Waals surface area contributed by atoms with E-state index in [4.69, 9.17) is 0 Å². The predicted molar refractivity (Wildman–Crippen MR) is 64.4 cm³/mol. The minimum absolute atomic E-state index is 0.278. The standard InChI is InChI=1S/C13H19N3O/c17-13(10-3-1-2-4-10)15-11-6-8-16-12(9-11)5-7-14-16/h5,7,10-11H,1-4,6,8-9H2,(H,15,17)/t11-/m0/s1. The van der Waals surface area contributed by atoms with Crippen molar-refractivity contribution in [3.8, 4) is 0 Å². The van der Waals surface area contributed by atoms with Crippen LogP contribution in [0.2, 0.25) is 0 Å². The van der Waals surface area contributed by atoms with E-state index in [9.17, 15) is 4.79 Å². The molecule has 3 rings (SSSR count). The van der Waals surface area contributed by atoms with E-state index in [1.807, 2.05) is 16.9 Å². The summed E-state index contributed by atoms with van der Waals surface area (Å²) in [7, 11) is 0. The van der Waals surface area contributed by atoms with E-state index in [1.54, 1.807) is 0 Å². The fourth-order valence-electron chi connectivity index (χ4n) is 3.00. The molecule has 17 heavy (non-hydrogen) atoms. The normalized spacial score (nSPS) is 24.6. The van der Waals surface area contributed by atoms with Crippen LogP contribution in [0.25, 0.3) is 0 Å². The van der Waals surface area contributed by atoms with E-state index in [0.29, 0.717) is 6.04 Å². The Hall–Kier alpha value is -1.32. The minimum atomic E-state index is 0.278. The van der Waals surface area contributed by atoms with Crippen molar-refractivity contribution in [3.63, 3.8) is 0 Å². The van der Waals surface area contributed by atoms with Crippen LogP contribution in [0.4, 0.5) is 0 Å². The second-order valence-corrected chi connectivity index (χ2v) is 5.23. The topological polar surface area (TPSA) is 46.9 Å². The Bertz CT molecular complexity index is 407. The quantitative estimate of drug-likeness (QED) is 0.841. The highest BCUT2D eigenvalue weighted by molar-refractivity contribution is 5.79. The van der Waals surface area contributed by atoms with Crippen LogP contribution in [0, 0.1) is 5.92 Å². The number of aromatic nitrogens is 2. The third-order valence-corrected chi connectivity index (χ3v) is 4.02. The molecule has 1 atom stereocenters. The van der Waals surface area contributed by atoms with Crippen molar-refractivity contribution in [2.75, 3.05) is 0 Å². The zero-order valence-corrected chi connectivity index (χ0v) is 10.1. The summed E-state index contributed by atoms with van der Waals surface area (Å²) in [5.41, 5.74) is 1.24. The molecule has 1 aromatic heterocycles. The van der Waals surface area contributed by atoms with Crippen molar-refractivity contribution in [1.29, 1.82) is 0 Å². The van der Waals surface area contributed by atoms with E-state index < -0.39 is 0 Å². The Morgan fingerprint density at radius 1 is 1.35 bits per heavy atom. The van der Waals surface area contributed by atoms with Gasteiger partial charge in [0.25, 0.3) is 0 Å². The molecule has 1 amide bonds. The van der Waals surface area contributed by atoms with Gasteiger partial charge in [0.1, 0.15) is 0 Å². The number of nitrogens with zero attached hydrogens (tertiary/aromatic N) is 2. The maximum atomic E-state index is 12.0. The first-order chi connectivity index (χ1) is 8.33. The van der Waals surface area contributed by atoms with Gasteiger partial charge in [0, 0.05) is 36.8 Å². The molecule has 1 aliphatic heterocycles. The van der Waals surface area contributed by atoms with Crippen LogP contribution in [0.3, 0.4) is 0 Å². The summed E-state index contributed by atoms with van der Waals surface area (Å²) in [6.45, 7) is 0.929. The summed E-state index contributed by atoms with van der Waals surface area (Å²) >= 11 is 0. The third kappa shape index (κ3) is 2.21. The Kier molecular flexibility index (Phi) is 2.87. The number of fused-ring (bicyclic) bond motifs is 1. The molecule has 1 aromatic rings. The predicted octanol–water partition coefficient (Wildman–Crippen LogP) is 1.50. The van der Waals surface area contributed by atoms with E-state index in [2.05, 4.69) is 10.4 Å². The van der Waals surface area contributed by atoms with Gasteiger partial charge in [0.15, 0.2) is 0 Å². The van der Waals surface area contributed by atoms with E-state index >= 15 is 0 Å². The van der Waals surface area contributed by atoms with Crippen LogP contribution in [0.15, 0.2) is 12.3 Å². The van der Waals surface area contributed by atoms with Crippen LogP contribution >= 0.6 is 0 Å². The second kappa shape index (κ2) is 4.51. The molecule has 1 N–H and O–H groups in total. The number of aryl methyl sites for hydroxylation is 1. The van der Waals surface area contributed by atoms with E-state index in [-0.39, 0.29) is 11.8 Å². The van der Waals surface area contributed by atoms with Crippen molar-refractivity contribution in [2.24, 2.45) is 5.92 Å². The van der Waals surface area contributed by atoms with Crippen LogP contribution in [0.5, 0.6) is 0 Å². The zero-order chi connectivity index (χ0) is 11.7. The summed E-state index contributed by atoms with van der Waals surface area (Å²) < 4.78 is 2.04. The molecule has 1 fully saturated rings. The Labute approximate surface area is 101 Å². The molecule has 0 bridgehead atoms. The van der Waals surface area contributed by atoms with Crippen molar-refractivity contribution in [2.45, 2.75) is 51.1 Å². The smallest absolute Gasteiger partial charge is 0.223 e. The lowest BCUT2D eigenvalue weighted by Crippen LogP contribution is -2.42. The first-order valence-electron chi connectivity index (χ1n) is 6.64. The lowest BCUT2D eigenvalue weighted by molar-refractivity contribution is -0.125. The molecule has 1 aliphatic carbocycles. The van der Waals surface area contributed by atoms with Gasteiger partial charge in [-0.25, -0.2) is 0 Å². The van der Waals surface area contributed by atoms with Gasteiger partial charge >= 0.3 is 0 Å². The molecule has 0 unspecified atom stereocenters. The molecule has 4 heteroatoms.